The minimum absolute atomic E-state index is 0.300. The van der Waals surface area contributed by atoms with Gasteiger partial charge in [0.15, 0.2) is 0 Å². The Bertz CT molecular complexity index is 222. The highest BCUT2D eigenvalue weighted by atomic mass is 16.2. The first kappa shape index (κ1) is 7.84. The number of fused-ring (bicyclic) bond motifs is 1. The first-order valence-electron chi connectivity index (χ1n) is 4.70. The van der Waals surface area contributed by atoms with Crippen LogP contribution in [0.5, 0.6) is 0 Å². The molecule has 0 saturated carbocycles. The third kappa shape index (κ3) is 1.15. The fourth-order valence-corrected chi connectivity index (χ4v) is 2.24. The van der Waals surface area contributed by atoms with Gasteiger partial charge < -0.3 is 4.90 Å². The molecule has 1 aliphatic heterocycles. The van der Waals surface area contributed by atoms with Crippen LogP contribution in [0.3, 0.4) is 0 Å². The molecule has 1 amide bonds. The minimum Gasteiger partial charge on any atom is -0.345 e. The molecule has 0 aromatic heterocycles. The summed E-state index contributed by atoms with van der Waals surface area (Å²) in [5.41, 5.74) is 0. The van der Waals surface area contributed by atoms with E-state index in [1.54, 1.807) is 0 Å². The molecule has 2 aliphatic rings. The van der Waals surface area contributed by atoms with Crippen molar-refractivity contribution in [3.63, 3.8) is 0 Å². The molecule has 1 aliphatic carbocycles. The zero-order valence-electron chi connectivity index (χ0n) is 7.49. The largest absolute Gasteiger partial charge is 0.345 e. The lowest BCUT2D eigenvalue weighted by molar-refractivity contribution is -0.139. The van der Waals surface area contributed by atoms with Gasteiger partial charge in [0.05, 0.1) is 0 Å². The SMILES string of the molecule is CN1CC[C@@H]2C=CCC[C@H]2C1=O. The van der Waals surface area contributed by atoms with Crippen molar-refractivity contribution >= 4 is 5.91 Å². The van der Waals surface area contributed by atoms with E-state index in [1.165, 1.54) is 0 Å². The van der Waals surface area contributed by atoms with E-state index in [4.69, 9.17) is 0 Å². The monoisotopic (exact) mass is 165 g/mol. The second kappa shape index (κ2) is 2.92. The zero-order chi connectivity index (χ0) is 8.55. The van der Waals surface area contributed by atoms with Gasteiger partial charge >= 0.3 is 0 Å². The molecule has 12 heavy (non-hydrogen) atoms. The molecule has 0 unspecified atom stereocenters. The quantitative estimate of drug-likeness (QED) is 0.497. The van der Waals surface area contributed by atoms with Crippen molar-refractivity contribution < 1.29 is 4.79 Å². The van der Waals surface area contributed by atoms with E-state index in [9.17, 15) is 4.79 Å². The predicted molar refractivity (Wildman–Crippen MR) is 47.6 cm³/mol. The van der Waals surface area contributed by atoms with Crippen molar-refractivity contribution in [3.05, 3.63) is 12.2 Å². The van der Waals surface area contributed by atoms with Crippen LogP contribution in [0.25, 0.3) is 0 Å². The number of hydrogen-bond donors (Lipinski definition) is 0. The number of amides is 1. The summed E-state index contributed by atoms with van der Waals surface area (Å²) < 4.78 is 0. The third-order valence-corrected chi connectivity index (χ3v) is 3.04. The molecule has 0 N–H and O–H groups in total. The topological polar surface area (TPSA) is 20.3 Å². The van der Waals surface area contributed by atoms with Crippen molar-refractivity contribution in [2.24, 2.45) is 11.8 Å². The second-order valence-electron chi connectivity index (χ2n) is 3.82. The van der Waals surface area contributed by atoms with E-state index >= 15 is 0 Å². The van der Waals surface area contributed by atoms with E-state index in [0.717, 1.165) is 25.8 Å². The average molecular weight is 165 g/mol. The lowest BCUT2D eigenvalue weighted by Crippen LogP contribution is -2.43. The summed E-state index contributed by atoms with van der Waals surface area (Å²) in [6.07, 6.45) is 7.76. The molecule has 0 aromatic carbocycles. The van der Waals surface area contributed by atoms with Crippen molar-refractivity contribution in [2.45, 2.75) is 19.3 Å². The lowest BCUT2D eigenvalue weighted by Gasteiger charge is -2.36. The highest BCUT2D eigenvalue weighted by Gasteiger charge is 2.33. The Morgan fingerprint density at radius 3 is 3.17 bits per heavy atom. The molecule has 2 heteroatoms. The summed E-state index contributed by atoms with van der Waals surface area (Å²) in [7, 11) is 1.91. The number of allylic oxidation sites excluding steroid dienone is 2. The molecule has 1 fully saturated rings. The summed E-state index contributed by atoms with van der Waals surface area (Å²) >= 11 is 0. The fourth-order valence-electron chi connectivity index (χ4n) is 2.24. The van der Waals surface area contributed by atoms with Crippen LogP contribution < -0.4 is 0 Å². The number of piperidine rings is 1. The summed E-state index contributed by atoms with van der Waals surface area (Å²) in [4.78, 5) is 13.5. The first-order chi connectivity index (χ1) is 5.79. The number of rotatable bonds is 0. The molecule has 0 bridgehead atoms. The van der Waals surface area contributed by atoms with Gasteiger partial charge in [0, 0.05) is 19.5 Å². The lowest BCUT2D eigenvalue weighted by atomic mass is 9.79. The maximum absolute atomic E-state index is 11.7. The summed E-state index contributed by atoms with van der Waals surface area (Å²) in [5, 5.41) is 0. The van der Waals surface area contributed by atoms with Gasteiger partial charge in [-0.2, -0.15) is 0 Å². The van der Waals surface area contributed by atoms with Gasteiger partial charge in [-0.25, -0.2) is 0 Å². The number of nitrogens with zero attached hydrogens (tertiary/aromatic N) is 1. The van der Waals surface area contributed by atoms with Crippen molar-refractivity contribution in [1.29, 1.82) is 0 Å². The highest BCUT2D eigenvalue weighted by molar-refractivity contribution is 5.80. The van der Waals surface area contributed by atoms with E-state index in [1.807, 2.05) is 11.9 Å². The number of hydrogen-bond acceptors (Lipinski definition) is 1. The van der Waals surface area contributed by atoms with Crippen LogP contribution in [-0.2, 0) is 4.79 Å². The van der Waals surface area contributed by atoms with E-state index in [2.05, 4.69) is 12.2 Å². The Kier molecular flexibility index (Phi) is 1.91. The van der Waals surface area contributed by atoms with Gasteiger partial charge in [0.1, 0.15) is 0 Å². The first-order valence-corrected chi connectivity index (χ1v) is 4.70. The normalized spacial score (nSPS) is 35.1. The van der Waals surface area contributed by atoms with Crippen molar-refractivity contribution in [3.8, 4) is 0 Å². The number of carbonyl (C=O) groups excluding carboxylic acids is 1. The Hall–Kier alpha value is -0.790. The van der Waals surface area contributed by atoms with Crippen LogP contribution >= 0.6 is 0 Å². The highest BCUT2D eigenvalue weighted by Crippen LogP contribution is 2.32. The van der Waals surface area contributed by atoms with Crippen LogP contribution in [-0.4, -0.2) is 24.4 Å². The fraction of sp³-hybridized carbons (Fsp3) is 0.700. The molecule has 2 rings (SSSR count). The van der Waals surface area contributed by atoms with Crippen LogP contribution in [0, 0.1) is 11.8 Å². The zero-order valence-corrected chi connectivity index (χ0v) is 7.49. The van der Waals surface area contributed by atoms with E-state index < -0.39 is 0 Å². The van der Waals surface area contributed by atoms with Crippen LogP contribution in [0.2, 0.25) is 0 Å². The average Bonchev–Trinajstić information content (AvgIpc) is 2.12. The molecular weight excluding hydrogens is 150 g/mol. The molecule has 2 nitrogen and oxygen atoms in total. The molecular formula is C10H15NO. The molecule has 0 spiro atoms. The molecule has 0 aromatic rings. The van der Waals surface area contributed by atoms with Gasteiger partial charge in [-0.05, 0) is 25.2 Å². The number of likely N-dealkylation sites (tertiary alicyclic amines) is 1. The minimum atomic E-state index is 0.300. The van der Waals surface area contributed by atoms with Gasteiger partial charge in [-0.1, -0.05) is 12.2 Å². The predicted octanol–water partition coefficient (Wildman–Crippen LogP) is 1.43. The van der Waals surface area contributed by atoms with E-state index in [0.29, 0.717) is 17.7 Å². The van der Waals surface area contributed by atoms with Crippen LogP contribution in [0.1, 0.15) is 19.3 Å². The second-order valence-corrected chi connectivity index (χ2v) is 3.82. The van der Waals surface area contributed by atoms with Gasteiger partial charge in [-0.15, -0.1) is 0 Å². The van der Waals surface area contributed by atoms with Gasteiger partial charge in [-0.3, -0.25) is 4.79 Å². The van der Waals surface area contributed by atoms with E-state index in [-0.39, 0.29) is 0 Å². The Balaban J connectivity index is 2.16. The van der Waals surface area contributed by atoms with Crippen LogP contribution in [0.15, 0.2) is 12.2 Å². The Labute approximate surface area is 73.2 Å². The third-order valence-electron chi connectivity index (χ3n) is 3.04. The molecule has 2 atom stereocenters. The van der Waals surface area contributed by atoms with Crippen molar-refractivity contribution in [2.75, 3.05) is 13.6 Å². The summed E-state index contributed by atoms with van der Waals surface area (Å²) in [5.74, 6) is 1.20. The standard InChI is InChI=1S/C10H15NO/c1-11-7-6-8-4-2-3-5-9(8)10(11)12/h2,4,8-9H,3,5-7H2,1H3/t8-,9+/m0/s1. The molecule has 0 radical (unpaired) electrons. The number of carbonyl (C=O) groups is 1. The Morgan fingerprint density at radius 2 is 2.33 bits per heavy atom. The molecule has 1 heterocycles. The van der Waals surface area contributed by atoms with Gasteiger partial charge in [0.25, 0.3) is 0 Å². The molecule has 66 valence electrons. The maximum Gasteiger partial charge on any atom is 0.226 e. The van der Waals surface area contributed by atoms with Gasteiger partial charge in [0.2, 0.25) is 5.91 Å². The maximum atomic E-state index is 11.7. The van der Waals surface area contributed by atoms with Crippen LogP contribution in [0.4, 0.5) is 0 Å². The van der Waals surface area contributed by atoms with Crippen molar-refractivity contribution in [1.82, 2.24) is 4.90 Å². The summed E-state index contributed by atoms with van der Waals surface area (Å²) in [6, 6.07) is 0. The molecule has 1 saturated heterocycles. The Morgan fingerprint density at radius 1 is 1.50 bits per heavy atom. The smallest absolute Gasteiger partial charge is 0.226 e. The summed E-state index contributed by atoms with van der Waals surface area (Å²) in [6.45, 7) is 0.935.